The molecule has 2 aliphatic carbocycles. The molecule has 2 aromatic carbocycles. The van der Waals surface area contributed by atoms with Gasteiger partial charge in [0.05, 0.1) is 11.3 Å². The Labute approximate surface area is 284 Å². The summed E-state index contributed by atoms with van der Waals surface area (Å²) >= 11 is 6.17. The first-order valence-electron chi connectivity index (χ1n) is 17.9. The molecule has 3 amide bonds. The average molecular weight is 660 g/mol. The summed E-state index contributed by atoms with van der Waals surface area (Å²) in [7, 11) is 2.17. The molecule has 4 fully saturated rings. The Kier molecular flexibility index (Phi) is 9.38. The van der Waals surface area contributed by atoms with Crippen molar-refractivity contribution in [2.45, 2.75) is 94.8 Å². The highest BCUT2D eigenvalue weighted by molar-refractivity contribution is 6.30. The van der Waals surface area contributed by atoms with Gasteiger partial charge in [-0.15, -0.1) is 0 Å². The minimum absolute atomic E-state index is 0.0790. The standard InChI is InChI=1S/C38H50ClN5O3/c1-42-23-30-22-29(42)24-44(30)37(47)38(27-8-3-2-4-9-27)17-19-43(20-18-38)36(46)33(21-25-11-14-28(39)15-12-25)41-35(45)32-16-13-26-7-5-6-10-31(26)34(32)40/h5-7,10-12,14-15,27,29-30,32-34H,2-4,8-9,13,16-24,40H2,1H3,(H,41,45)/t29?,30?,32?,33-,34?/m1/s1. The predicted molar refractivity (Wildman–Crippen MR) is 184 cm³/mol. The molecule has 0 aromatic heterocycles. The molecule has 9 heteroatoms. The van der Waals surface area contributed by atoms with Crippen LogP contribution in [-0.2, 0) is 27.2 Å². The Hall–Kier alpha value is -2.94. The first-order chi connectivity index (χ1) is 22.7. The molecule has 5 atom stereocenters. The molecule has 2 bridgehead atoms. The van der Waals surface area contributed by atoms with E-state index < -0.39 is 23.4 Å². The van der Waals surface area contributed by atoms with Crippen LogP contribution in [0.2, 0.25) is 5.02 Å². The number of piperazine rings is 1. The Balaban J connectivity index is 1.09. The quantitative estimate of drug-likeness (QED) is 0.448. The van der Waals surface area contributed by atoms with Gasteiger partial charge in [0.2, 0.25) is 17.7 Å². The maximum atomic E-state index is 14.6. The van der Waals surface area contributed by atoms with E-state index in [1.54, 1.807) is 0 Å². The molecule has 3 saturated heterocycles. The van der Waals surface area contributed by atoms with Gasteiger partial charge < -0.3 is 20.9 Å². The first-order valence-corrected chi connectivity index (χ1v) is 18.3. The fourth-order valence-electron chi connectivity index (χ4n) is 9.62. The molecule has 8 nitrogen and oxygen atoms in total. The number of benzene rings is 2. The average Bonchev–Trinajstić information content (AvgIpc) is 3.69. The summed E-state index contributed by atoms with van der Waals surface area (Å²) in [5.74, 6) is 0.0627. The second kappa shape index (κ2) is 13.5. The minimum Gasteiger partial charge on any atom is -0.344 e. The van der Waals surface area contributed by atoms with Crippen molar-refractivity contribution in [3.8, 4) is 0 Å². The Morgan fingerprint density at radius 1 is 0.957 bits per heavy atom. The topological polar surface area (TPSA) is 99.0 Å². The summed E-state index contributed by atoms with van der Waals surface area (Å²) in [4.78, 5) is 49.3. The van der Waals surface area contributed by atoms with Crippen LogP contribution < -0.4 is 11.1 Å². The smallest absolute Gasteiger partial charge is 0.245 e. The molecule has 47 heavy (non-hydrogen) atoms. The molecule has 0 radical (unpaired) electrons. The highest BCUT2D eigenvalue weighted by Gasteiger charge is 2.54. The third-order valence-electron chi connectivity index (χ3n) is 12.4. The van der Waals surface area contributed by atoms with Crippen molar-refractivity contribution in [3.05, 3.63) is 70.2 Å². The summed E-state index contributed by atoms with van der Waals surface area (Å²) in [6, 6.07) is 15.2. The lowest BCUT2D eigenvalue weighted by atomic mass is 9.62. The number of halogens is 1. The SMILES string of the molecule is CN1CC2CC1CN2C(=O)C1(C2CCCCC2)CCN(C(=O)[C@@H](Cc2ccc(Cl)cc2)NC(=O)C2CCc3ccccc3C2N)CC1. The number of hydrogen-bond acceptors (Lipinski definition) is 5. The van der Waals surface area contributed by atoms with Crippen molar-refractivity contribution in [3.63, 3.8) is 0 Å². The van der Waals surface area contributed by atoms with Crippen LogP contribution >= 0.6 is 11.6 Å². The molecule has 2 aromatic rings. The molecule has 3 heterocycles. The predicted octanol–water partition coefficient (Wildman–Crippen LogP) is 4.73. The van der Waals surface area contributed by atoms with Gasteiger partial charge in [0.15, 0.2) is 0 Å². The number of nitrogens with zero attached hydrogens (tertiary/aromatic N) is 3. The summed E-state index contributed by atoms with van der Waals surface area (Å²) in [6.07, 6.45) is 10.1. The molecule has 3 N–H and O–H groups in total. The molecule has 7 rings (SSSR count). The zero-order valence-electron chi connectivity index (χ0n) is 27.7. The van der Waals surface area contributed by atoms with E-state index in [2.05, 4.69) is 28.2 Å². The van der Waals surface area contributed by atoms with Crippen LogP contribution in [0, 0.1) is 17.3 Å². The number of rotatable bonds is 7. The Morgan fingerprint density at radius 2 is 1.68 bits per heavy atom. The van der Waals surface area contributed by atoms with E-state index in [0.29, 0.717) is 67.7 Å². The number of amides is 3. The monoisotopic (exact) mass is 659 g/mol. The lowest BCUT2D eigenvalue weighted by Gasteiger charge is -2.50. The lowest BCUT2D eigenvalue weighted by Crippen LogP contribution is -2.60. The number of likely N-dealkylation sites (N-methyl/N-ethyl adjacent to an activating group) is 1. The van der Waals surface area contributed by atoms with Gasteiger partial charge in [-0.3, -0.25) is 19.3 Å². The molecule has 3 aliphatic heterocycles. The molecule has 4 unspecified atom stereocenters. The maximum Gasteiger partial charge on any atom is 0.245 e. The van der Waals surface area contributed by atoms with E-state index in [1.165, 1.54) is 24.8 Å². The van der Waals surface area contributed by atoms with Gasteiger partial charge in [0.25, 0.3) is 0 Å². The van der Waals surface area contributed by atoms with Gasteiger partial charge in [-0.05, 0) is 86.7 Å². The number of hydrogen-bond donors (Lipinski definition) is 2. The zero-order valence-corrected chi connectivity index (χ0v) is 28.5. The second-order valence-electron chi connectivity index (χ2n) is 15.0. The van der Waals surface area contributed by atoms with Crippen LogP contribution in [0.1, 0.15) is 80.5 Å². The second-order valence-corrected chi connectivity index (χ2v) is 15.5. The number of nitrogens with one attached hydrogen (secondary N) is 1. The minimum atomic E-state index is -0.726. The summed E-state index contributed by atoms with van der Waals surface area (Å²) in [6.45, 7) is 2.86. The lowest BCUT2D eigenvalue weighted by molar-refractivity contribution is -0.156. The Morgan fingerprint density at radius 3 is 2.36 bits per heavy atom. The normalized spacial score (nSPS) is 28.1. The van der Waals surface area contributed by atoms with Gasteiger partial charge in [-0.1, -0.05) is 67.3 Å². The third kappa shape index (κ3) is 6.33. The van der Waals surface area contributed by atoms with Gasteiger partial charge >= 0.3 is 0 Å². The number of piperidine rings is 1. The van der Waals surface area contributed by atoms with E-state index in [9.17, 15) is 14.4 Å². The molecular weight excluding hydrogens is 610 g/mol. The van der Waals surface area contributed by atoms with Crippen LogP contribution in [-0.4, -0.2) is 83.8 Å². The van der Waals surface area contributed by atoms with Gasteiger partial charge in [-0.2, -0.15) is 0 Å². The summed E-state index contributed by atoms with van der Waals surface area (Å²) in [5, 5.41) is 3.79. The summed E-state index contributed by atoms with van der Waals surface area (Å²) in [5.41, 5.74) is 9.39. The molecule has 252 valence electrons. The number of nitrogens with two attached hydrogens (primary N) is 1. The van der Waals surface area contributed by atoms with Crippen molar-refractivity contribution < 1.29 is 14.4 Å². The van der Waals surface area contributed by atoms with E-state index in [0.717, 1.165) is 49.9 Å². The van der Waals surface area contributed by atoms with Crippen LogP contribution in [0.25, 0.3) is 0 Å². The van der Waals surface area contributed by atoms with Gasteiger partial charge in [0, 0.05) is 55.7 Å². The van der Waals surface area contributed by atoms with Crippen molar-refractivity contribution in [1.29, 1.82) is 0 Å². The van der Waals surface area contributed by atoms with E-state index in [1.807, 2.05) is 47.4 Å². The number of carbonyl (C=O) groups excluding carboxylic acids is 3. The fourth-order valence-corrected chi connectivity index (χ4v) is 9.75. The summed E-state index contributed by atoms with van der Waals surface area (Å²) < 4.78 is 0. The number of fused-ring (bicyclic) bond motifs is 3. The Bertz CT molecular complexity index is 1470. The number of carbonyl (C=O) groups is 3. The molecule has 1 saturated carbocycles. The molecule has 5 aliphatic rings. The van der Waals surface area contributed by atoms with Gasteiger partial charge in [0.1, 0.15) is 6.04 Å². The largest absolute Gasteiger partial charge is 0.344 e. The van der Waals surface area contributed by atoms with Crippen molar-refractivity contribution in [2.24, 2.45) is 23.0 Å². The van der Waals surface area contributed by atoms with Crippen LogP contribution in [0.5, 0.6) is 0 Å². The van der Waals surface area contributed by atoms with Gasteiger partial charge in [-0.25, -0.2) is 0 Å². The molecule has 0 spiro atoms. The zero-order chi connectivity index (χ0) is 32.7. The van der Waals surface area contributed by atoms with Crippen LogP contribution in [0.4, 0.5) is 0 Å². The van der Waals surface area contributed by atoms with E-state index in [4.69, 9.17) is 17.3 Å². The van der Waals surface area contributed by atoms with Crippen molar-refractivity contribution >= 4 is 29.3 Å². The highest BCUT2D eigenvalue weighted by Crippen LogP contribution is 2.49. The maximum absolute atomic E-state index is 14.6. The number of aryl methyl sites for hydroxylation is 1. The first kappa shape index (κ1) is 32.6. The molecular formula is C38H50ClN5O3. The van der Waals surface area contributed by atoms with E-state index >= 15 is 0 Å². The third-order valence-corrected chi connectivity index (χ3v) is 12.7. The van der Waals surface area contributed by atoms with Crippen LogP contribution in [0.3, 0.4) is 0 Å². The van der Waals surface area contributed by atoms with Crippen molar-refractivity contribution in [1.82, 2.24) is 20.0 Å². The highest BCUT2D eigenvalue weighted by atomic mass is 35.5. The fraction of sp³-hybridized carbons (Fsp3) is 0.605. The van der Waals surface area contributed by atoms with Crippen molar-refractivity contribution in [2.75, 3.05) is 33.2 Å². The van der Waals surface area contributed by atoms with E-state index in [-0.39, 0.29) is 11.8 Å². The van der Waals surface area contributed by atoms with Crippen LogP contribution in [0.15, 0.2) is 48.5 Å². The number of likely N-dealkylation sites (tertiary alicyclic amines) is 3.